The Labute approximate surface area is 230 Å². The molecule has 1 aliphatic heterocycles. The molecular weight excluding hydrogens is 486 g/mol. The van der Waals surface area contributed by atoms with Gasteiger partial charge < -0.3 is 18.9 Å². The summed E-state index contributed by atoms with van der Waals surface area (Å²) in [7, 11) is 1.67. The molecule has 1 unspecified atom stereocenters. The molecule has 0 spiro atoms. The molecule has 6 nitrogen and oxygen atoms in total. The SMILES string of the molecule is C/C=C/c1ccc(OCCCCn2c(C3CC(=O)N(c4ccc(CC)cc4)C3)nc3ccccc32)c(OC)c1. The monoisotopic (exact) mass is 523 g/mol. The molecular formula is C33H37N3O3. The summed E-state index contributed by atoms with van der Waals surface area (Å²) >= 11 is 0. The Bertz CT molecular complexity index is 1460. The van der Waals surface area contributed by atoms with E-state index in [1.165, 1.54) is 5.56 Å². The Hall–Kier alpha value is -4.06. The van der Waals surface area contributed by atoms with Crippen molar-refractivity contribution in [2.45, 2.75) is 52.0 Å². The normalized spacial score (nSPS) is 15.5. The molecule has 0 bridgehead atoms. The minimum absolute atomic E-state index is 0.0620. The second-order valence-corrected chi connectivity index (χ2v) is 10.0. The first kappa shape index (κ1) is 26.5. The van der Waals surface area contributed by atoms with E-state index in [4.69, 9.17) is 14.5 Å². The predicted molar refractivity (Wildman–Crippen MR) is 158 cm³/mol. The van der Waals surface area contributed by atoms with E-state index >= 15 is 0 Å². The Morgan fingerprint density at radius 2 is 1.85 bits per heavy atom. The van der Waals surface area contributed by atoms with E-state index in [0.717, 1.165) is 65.4 Å². The van der Waals surface area contributed by atoms with E-state index < -0.39 is 0 Å². The summed E-state index contributed by atoms with van der Waals surface area (Å²) in [6.07, 6.45) is 7.35. The molecule has 1 atom stereocenters. The lowest BCUT2D eigenvalue weighted by molar-refractivity contribution is -0.117. The van der Waals surface area contributed by atoms with E-state index in [1.807, 2.05) is 48.2 Å². The van der Waals surface area contributed by atoms with Crippen molar-refractivity contribution in [2.24, 2.45) is 0 Å². The second-order valence-electron chi connectivity index (χ2n) is 10.0. The van der Waals surface area contributed by atoms with Crippen molar-refractivity contribution in [3.8, 4) is 11.5 Å². The molecule has 1 aliphatic rings. The van der Waals surface area contributed by atoms with Gasteiger partial charge in [0.1, 0.15) is 5.82 Å². The summed E-state index contributed by atoms with van der Waals surface area (Å²) in [5, 5.41) is 0. The number of benzene rings is 3. The highest BCUT2D eigenvalue weighted by Gasteiger charge is 2.34. The highest BCUT2D eigenvalue weighted by molar-refractivity contribution is 5.96. The fourth-order valence-electron chi connectivity index (χ4n) is 5.34. The Kier molecular flexibility index (Phi) is 8.30. The summed E-state index contributed by atoms with van der Waals surface area (Å²) in [6, 6.07) is 22.6. The smallest absolute Gasteiger partial charge is 0.227 e. The highest BCUT2D eigenvalue weighted by atomic mass is 16.5. The number of aromatic nitrogens is 2. The number of allylic oxidation sites excluding steroid dienone is 1. The van der Waals surface area contributed by atoms with Gasteiger partial charge in [0.05, 0.1) is 24.8 Å². The number of hydrogen-bond donors (Lipinski definition) is 0. The predicted octanol–water partition coefficient (Wildman–Crippen LogP) is 7.02. The third kappa shape index (κ3) is 5.85. The Morgan fingerprint density at radius 3 is 2.62 bits per heavy atom. The zero-order valence-electron chi connectivity index (χ0n) is 23.1. The molecule has 1 aromatic heterocycles. The number of amides is 1. The standard InChI is InChI=1S/C33H37N3O3/c1-4-10-25-15-18-30(31(21-25)38-3)39-20-9-8-19-35-29-12-7-6-11-28(29)34-33(35)26-22-32(37)36(23-26)27-16-13-24(5-2)14-17-27/h4,6-7,10-18,21,26H,5,8-9,19-20,22-23H2,1-3H3/b10-4+. The quantitative estimate of drug-likeness (QED) is 0.198. The maximum atomic E-state index is 13.0. The Morgan fingerprint density at radius 1 is 1.03 bits per heavy atom. The first-order valence-electron chi connectivity index (χ1n) is 13.9. The third-order valence-corrected chi connectivity index (χ3v) is 7.41. The van der Waals surface area contributed by atoms with Crippen LogP contribution in [-0.2, 0) is 17.8 Å². The van der Waals surface area contributed by atoms with Gasteiger partial charge in [0.15, 0.2) is 11.5 Å². The lowest BCUT2D eigenvalue weighted by Crippen LogP contribution is -2.24. The first-order chi connectivity index (χ1) is 19.1. The van der Waals surface area contributed by atoms with Gasteiger partial charge in [0.2, 0.25) is 5.91 Å². The van der Waals surface area contributed by atoms with Crippen LogP contribution in [0.15, 0.2) is 72.8 Å². The van der Waals surface area contributed by atoms with E-state index in [2.05, 4.69) is 54.0 Å². The summed E-state index contributed by atoms with van der Waals surface area (Å²) < 4.78 is 13.9. The van der Waals surface area contributed by atoms with Crippen LogP contribution in [0.1, 0.15) is 56.0 Å². The number of carbonyl (C=O) groups excluding carboxylic acids is 1. The number of carbonyl (C=O) groups is 1. The van der Waals surface area contributed by atoms with E-state index in [0.29, 0.717) is 19.6 Å². The van der Waals surface area contributed by atoms with Crippen LogP contribution in [0, 0.1) is 0 Å². The molecule has 39 heavy (non-hydrogen) atoms. The van der Waals surface area contributed by atoms with Gasteiger partial charge in [0, 0.05) is 31.1 Å². The van der Waals surface area contributed by atoms with Crippen molar-refractivity contribution in [3.63, 3.8) is 0 Å². The maximum absolute atomic E-state index is 13.0. The van der Waals surface area contributed by atoms with Gasteiger partial charge in [0.25, 0.3) is 0 Å². The largest absolute Gasteiger partial charge is 0.493 e. The van der Waals surface area contributed by atoms with Crippen molar-refractivity contribution < 1.29 is 14.3 Å². The van der Waals surface area contributed by atoms with Gasteiger partial charge in [-0.2, -0.15) is 0 Å². The number of imidazole rings is 1. The average molecular weight is 524 g/mol. The van der Waals surface area contributed by atoms with Gasteiger partial charge in [-0.05, 0) is 73.7 Å². The number of para-hydroxylation sites is 2. The minimum Gasteiger partial charge on any atom is -0.493 e. The van der Waals surface area contributed by atoms with Crippen LogP contribution < -0.4 is 14.4 Å². The number of aryl methyl sites for hydroxylation is 2. The van der Waals surface area contributed by atoms with Gasteiger partial charge in [-0.25, -0.2) is 4.98 Å². The van der Waals surface area contributed by atoms with Gasteiger partial charge in [-0.15, -0.1) is 0 Å². The van der Waals surface area contributed by atoms with Crippen LogP contribution in [-0.4, -0.2) is 35.7 Å². The van der Waals surface area contributed by atoms with E-state index in [9.17, 15) is 4.79 Å². The lowest BCUT2D eigenvalue weighted by Gasteiger charge is -2.18. The molecule has 0 aliphatic carbocycles. The Balaban J connectivity index is 1.26. The zero-order chi connectivity index (χ0) is 27.2. The minimum atomic E-state index is 0.0620. The summed E-state index contributed by atoms with van der Waals surface area (Å²) in [6.45, 7) is 6.22. The molecule has 0 saturated carbocycles. The number of anilines is 1. The second kappa shape index (κ2) is 12.2. The molecule has 1 fully saturated rings. The fourth-order valence-corrected chi connectivity index (χ4v) is 5.34. The van der Waals surface area contributed by atoms with Crippen LogP contribution in [0.2, 0.25) is 0 Å². The van der Waals surface area contributed by atoms with Crippen LogP contribution in [0.25, 0.3) is 17.1 Å². The summed E-state index contributed by atoms with van der Waals surface area (Å²) in [4.78, 5) is 20.0. The van der Waals surface area contributed by atoms with Crippen LogP contribution >= 0.6 is 0 Å². The highest BCUT2D eigenvalue weighted by Crippen LogP contribution is 2.34. The number of unbranched alkanes of at least 4 members (excludes halogenated alkanes) is 1. The van der Waals surface area contributed by atoms with Crippen LogP contribution in [0.4, 0.5) is 5.69 Å². The van der Waals surface area contributed by atoms with Crippen LogP contribution in [0.5, 0.6) is 11.5 Å². The number of nitrogens with zero attached hydrogens (tertiary/aromatic N) is 3. The number of fused-ring (bicyclic) bond motifs is 1. The number of hydrogen-bond acceptors (Lipinski definition) is 4. The number of rotatable bonds is 11. The van der Waals surface area contributed by atoms with Crippen molar-refractivity contribution in [1.29, 1.82) is 0 Å². The third-order valence-electron chi connectivity index (χ3n) is 7.41. The first-order valence-corrected chi connectivity index (χ1v) is 13.9. The molecule has 202 valence electrons. The van der Waals surface area contributed by atoms with Crippen LogP contribution in [0.3, 0.4) is 0 Å². The molecule has 1 amide bonds. The molecule has 0 N–H and O–H groups in total. The van der Waals surface area contributed by atoms with Crippen molar-refractivity contribution in [2.75, 3.05) is 25.2 Å². The molecule has 1 saturated heterocycles. The van der Waals surface area contributed by atoms with Gasteiger partial charge in [-0.1, -0.05) is 49.4 Å². The van der Waals surface area contributed by atoms with Crippen molar-refractivity contribution in [1.82, 2.24) is 9.55 Å². The van der Waals surface area contributed by atoms with E-state index in [1.54, 1.807) is 7.11 Å². The van der Waals surface area contributed by atoms with E-state index in [-0.39, 0.29) is 11.8 Å². The summed E-state index contributed by atoms with van der Waals surface area (Å²) in [5.41, 5.74) is 5.43. The fraction of sp³-hybridized carbons (Fsp3) is 0.333. The van der Waals surface area contributed by atoms with Gasteiger partial charge >= 0.3 is 0 Å². The van der Waals surface area contributed by atoms with Crippen molar-refractivity contribution >= 4 is 28.7 Å². The molecule has 3 aromatic carbocycles. The maximum Gasteiger partial charge on any atom is 0.227 e. The van der Waals surface area contributed by atoms with Gasteiger partial charge in [-0.3, -0.25) is 4.79 Å². The number of methoxy groups -OCH3 is 1. The summed E-state index contributed by atoms with van der Waals surface area (Å²) in [5.74, 6) is 2.72. The molecule has 2 heterocycles. The molecule has 5 rings (SSSR count). The average Bonchev–Trinajstić information content (AvgIpc) is 3.54. The molecule has 4 aromatic rings. The number of ether oxygens (including phenoxy) is 2. The lowest BCUT2D eigenvalue weighted by atomic mass is 10.1. The topological polar surface area (TPSA) is 56.6 Å². The molecule has 0 radical (unpaired) electrons. The van der Waals surface area contributed by atoms with Crippen molar-refractivity contribution in [3.05, 3.63) is 89.8 Å². The molecule has 6 heteroatoms. The zero-order valence-corrected chi connectivity index (χ0v) is 23.1.